The first-order chi connectivity index (χ1) is 11.4. The van der Waals surface area contributed by atoms with Crippen LogP contribution in [0, 0.1) is 0 Å². The lowest BCUT2D eigenvalue weighted by Gasteiger charge is -2.17. The van der Waals surface area contributed by atoms with Gasteiger partial charge in [0.25, 0.3) is 0 Å². The van der Waals surface area contributed by atoms with E-state index in [0.717, 1.165) is 5.56 Å². The van der Waals surface area contributed by atoms with Crippen molar-refractivity contribution < 1.29 is 28.7 Å². The molecule has 1 fully saturated rings. The van der Waals surface area contributed by atoms with Gasteiger partial charge in [0, 0.05) is 7.05 Å². The molecule has 1 aromatic carbocycles. The molecule has 0 saturated carbocycles. The number of urea groups is 1. The van der Waals surface area contributed by atoms with Crippen molar-refractivity contribution in [3.05, 3.63) is 23.8 Å². The third kappa shape index (κ3) is 2.64. The number of hydrogen-bond donors (Lipinski definition) is 1. The zero-order valence-corrected chi connectivity index (χ0v) is 13.1. The average molecular weight is 333 g/mol. The molecular weight excluding hydrogens is 318 g/mol. The molecule has 2 aliphatic rings. The van der Waals surface area contributed by atoms with Crippen LogP contribution in [-0.4, -0.2) is 53.9 Å². The topological polar surface area (TPSA) is 105 Å². The molecule has 2 heterocycles. The van der Waals surface area contributed by atoms with Crippen LogP contribution < -0.4 is 14.8 Å². The first kappa shape index (κ1) is 15.8. The third-order valence-corrected chi connectivity index (χ3v) is 3.83. The summed E-state index contributed by atoms with van der Waals surface area (Å²) in [4.78, 5) is 48.2. The number of likely N-dealkylation sites (N-methyl/N-ethyl adjacent to an activating group) is 1. The zero-order chi connectivity index (χ0) is 17.4. The molecule has 1 saturated heterocycles. The molecule has 1 atom stereocenters. The summed E-state index contributed by atoms with van der Waals surface area (Å²) in [6.45, 7) is 1.39. The summed E-state index contributed by atoms with van der Waals surface area (Å²) in [5.41, 5.74) is 0.778. The molecule has 9 nitrogen and oxygen atoms in total. The number of benzene rings is 1. The van der Waals surface area contributed by atoms with E-state index in [-0.39, 0.29) is 12.8 Å². The van der Waals surface area contributed by atoms with E-state index >= 15 is 0 Å². The highest BCUT2D eigenvalue weighted by atomic mass is 16.7. The summed E-state index contributed by atoms with van der Waals surface area (Å²) in [7, 11) is 1.19. The summed E-state index contributed by atoms with van der Waals surface area (Å²) >= 11 is 0. The molecule has 126 valence electrons. The van der Waals surface area contributed by atoms with Crippen LogP contribution in [0.1, 0.15) is 18.5 Å². The fourth-order valence-corrected chi connectivity index (χ4v) is 2.45. The first-order valence-corrected chi connectivity index (χ1v) is 7.21. The molecule has 3 rings (SSSR count). The Morgan fingerprint density at radius 2 is 1.92 bits per heavy atom. The van der Waals surface area contributed by atoms with Crippen LogP contribution in [0.3, 0.4) is 0 Å². The minimum atomic E-state index is -1.01. The number of imide groups is 2. The maximum Gasteiger partial charge on any atom is 0.334 e. The van der Waals surface area contributed by atoms with Crippen LogP contribution in [0.2, 0.25) is 0 Å². The first-order valence-electron chi connectivity index (χ1n) is 7.21. The van der Waals surface area contributed by atoms with Gasteiger partial charge < -0.3 is 14.8 Å². The van der Waals surface area contributed by atoms with Crippen LogP contribution in [0.15, 0.2) is 18.2 Å². The molecule has 0 radical (unpaired) electrons. The van der Waals surface area contributed by atoms with Gasteiger partial charge in [0.1, 0.15) is 6.54 Å². The number of carbonyl (C=O) groups excluding carboxylic acids is 4. The van der Waals surface area contributed by atoms with Crippen molar-refractivity contribution in [3.63, 3.8) is 0 Å². The Kier molecular flexibility index (Phi) is 3.84. The van der Waals surface area contributed by atoms with Crippen LogP contribution >= 0.6 is 0 Å². The van der Waals surface area contributed by atoms with Crippen molar-refractivity contribution in [1.82, 2.24) is 15.1 Å². The number of amides is 5. The van der Waals surface area contributed by atoms with E-state index in [1.54, 1.807) is 25.1 Å². The average Bonchev–Trinajstić information content (AvgIpc) is 3.10. The van der Waals surface area contributed by atoms with Gasteiger partial charge in [-0.2, -0.15) is 0 Å². The minimum absolute atomic E-state index is 0.153. The largest absolute Gasteiger partial charge is 0.454 e. The summed E-state index contributed by atoms with van der Waals surface area (Å²) in [5, 5.41) is 2.67. The summed E-state index contributed by atoms with van der Waals surface area (Å²) in [6, 6.07) is 4.07. The quantitative estimate of drug-likeness (QED) is 0.615. The Bertz CT molecular complexity index is 747. The number of fused-ring (bicyclic) bond motifs is 1. The van der Waals surface area contributed by atoms with Crippen LogP contribution in [-0.2, 0) is 14.4 Å². The lowest BCUT2D eigenvalue weighted by atomic mass is 10.1. The van der Waals surface area contributed by atoms with E-state index in [0.29, 0.717) is 21.3 Å². The van der Waals surface area contributed by atoms with Gasteiger partial charge >= 0.3 is 17.8 Å². The Balaban J connectivity index is 1.64. The zero-order valence-electron chi connectivity index (χ0n) is 13.1. The predicted octanol–water partition coefficient (Wildman–Crippen LogP) is 0.0131. The molecule has 5 amide bonds. The fourth-order valence-electron chi connectivity index (χ4n) is 2.45. The molecule has 1 N–H and O–H groups in total. The maximum atomic E-state index is 12.1. The second-order valence-electron chi connectivity index (χ2n) is 5.44. The van der Waals surface area contributed by atoms with Gasteiger partial charge in [-0.25, -0.2) is 9.69 Å². The summed E-state index contributed by atoms with van der Waals surface area (Å²) < 4.78 is 10.5. The Morgan fingerprint density at radius 3 is 2.58 bits per heavy atom. The van der Waals surface area contributed by atoms with Gasteiger partial charge in [0.05, 0.1) is 6.04 Å². The lowest BCUT2D eigenvalue weighted by molar-refractivity contribution is -0.143. The standard InChI is InChI=1S/C15H15N3O6/c1-8(9-3-4-10-11(5-9)24-7-23-10)16-12(19)6-18-14(21)13(20)17(2)15(18)22/h3-5,8H,6-7H2,1-2H3,(H,16,19)/t8-/m1/s1. The number of carbonyl (C=O) groups is 4. The van der Waals surface area contributed by atoms with E-state index in [1.165, 1.54) is 7.05 Å². The second-order valence-corrected chi connectivity index (χ2v) is 5.44. The molecular formula is C15H15N3O6. The highest BCUT2D eigenvalue weighted by molar-refractivity contribution is 6.44. The minimum Gasteiger partial charge on any atom is -0.454 e. The van der Waals surface area contributed by atoms with Gasteiger partial charge in [-0.15, -0.1) is 0 Å². The van der Waals surface area contributed by atoms with Gasteiger partial charge in [-0.3, -0.25) is 19.3 Å². The Hall–Kier alpha value is -3.10. The molecule has 0 spiro atoms. The van der Waals surface area contributed by atoms with E-state index in [4.69, 9.17) is 9.47 Å². The monoisotopic (exact) mass is 333 g/mol. The number of nitrogens with zero attached hydrogens (tertiary/aromatic N) is 2. The van der Waals surface area contributed by atoms with Crippen LogP contribution in [0.5, 0.6) is 11.5 Å². The SMILES string of the molecule is C[C@@H](NC(=O)CN1C(=O)C(=O)N(C)C1=O)c1ccc2c(c1)OCO2. The van der Waals surface area contributed by atoms with Gasteiger partial charge in [-0.05, 0) is 24.6 Å². The lowest BCUT2D eigenvalue weighted by Crippen LogP contribution is -2.41. The van der Waals surface area contributed by atoms with E-state index in [2.05, 4.69) is 5.32 Å². The Morgan fingerprint density at radius 1 is 1.21 bits per heavy atom. The fraction of sp³-hybridized carbons (Fsp3) is 0.333. The van der Waals surface area contributed by atoms with E-state index in [1.807, 2.05) is 0 Å². The molecule has 24 heavy (non-hydrogen) atoms. The Labute approximate surface area is 137 Å². The highest BCUT2D eigenvalue weighted by Crippen LogP contribution is 2.34. The predicted molar refractivity (Wildman–Crippen MR) is 79.0 cm³/mol. The van der Waals surface area contributed by atoms with Gasteiger partial charge in [0.2, 0.25) is 12.7 Å². The maximum absolute atomic E-state index is 12.1. The third-order valence-electron chi connectivity index (χ3n) is 3.83. The van der Waals surface area contributed by atoms with Gasteiger partial charge in [0.15, 0.2) is 11.5 Å². The molecule has 2 aliphatic heterocycles. The summed E-state index contributed by atoms with van der Waals surface area (Å²) in [5.74, 6) is -1.28. The summed E-state index contributed by atoms with van der Waals surface area (Å²) in [6.07, 6.45) is 0. The van der Waals surface area contributed by atoms with Crippen molar-refractivity contribution in [2.45, 2.75) is 13.0 Å². The van der Waals surface area contributed by atoms with Crippen molar-refractivity contribution in [3.8, 4) is 11.5 Å². The number of nitrogens with one attached hydrogen (secondary N) is 1. The number of hydrogen-bond acceptors (Lipinski definition) is 6. The smallest absolute Gasteiger partial charge is 0.334 e. The molecule has 0 bridgehead atoms. The highest BCUT2D eigenvalue weighted by Gasteiger charge is 2.43. The molecule has 0 aliphatic carbocycles. The number of ether oxygens (including phenoxy) is 2. The van der Waals surface area contributed by atoms with Crippen molar-refractivity contribution >= 4 is 23.8 Å². The molecule has 1 aromatic rings. The van der Waals surface area contributed by atoms with E-state index in [9.17, 15) is 19.2 Å². The van der Waals surface area contributed by atoms with Crippen molar-refractivity contribution in [2.75, 3.05) is 20.4 Å². The normalized spacial score (nSPS) is 17.5. The van der Waals surface area contributed by atoms with Gasteiger partial charge in [-0.1, -0.05) is 6.07 Å². The van der Waals surface area contributed by atoms with Crippen molar-refractivity contribution in [2.24, 2.45) is 0 Å². The van der Waals surface area contributed by atoms with E-state index < -0.39 is 30.3 Å². The van der Waals surface area contributed by atoms with Crippen molar-refractivity contribution in [1.29, 1.82) is 0 Å². The molecule has 0 aromatic heterocycles. The second kappa shape index (κ2) is 5.84. The number of rotatable bonds is 4. The molecule has 0 unspecified atom stereocenters. The van der Waals surface area contributed by atoms with Crippen LogP contribution in [0.25, 0.3) is 0 Å². The van der Waals surface area contributed by atoms with Crippen LogP contribution in [0.4, 0.5) is 4.79 Å². The molecule has 9 heteroatoms.